The van der Waals surface area contributed by atoms with Gasteiger partial charge in [0.25, 0.3) is 5.91 Å². The van der Waals surface area contributed by atoms with E-state index in [2.05, 4.69) is 15.5 Å². The zero-order valence-corrected chi connectivity index (χ0v) is 10.6. The van der Waals surface area contributed by atoms with Crippen molar-refractivity contribution in [2.45, 2.75) is 12.1 Å². The Labute approximate surface area is 110 Å². The summed E-state index contributed by atoms with van der Waals surface area (Å²) in [4.78, 5) is 14.0. The van der Waals surface area contributed by atoms with E-state index in [9.17, 15) is 9.90 Å². The summed E-state index contributed by atoms with van der Waals surface area (Å²) in [7, 11) is 1.72. The van der Waals surface area contributed by atoms with Crippen LogP contribution >= 0.6 is 0 Å². The molecule has 1 fully saturated rings. The molecule has 2 aromatic rings. The van der Waals surface area contributed by atoms with Gasteiger partial charge in [0.15, 0.2) is 0 Å². The van der Waals surface area contributed by atoms with Crippen molar-refractivity contribution in [1.29, 1.82) is 0 Å². The number of nitrogens with one attached hydrogen (secondary N) is 2. The minimum Gasteiger partial charge on any atom is -0.390 e. The first-order valence-electron chi connectivity index (χ1n) is 6.26. The van der Waals surface area contributed by atoms with Crippen molar-refractivity contribution in [3.8, 4) is 0 Å². The predicted molar refractivity (Wildman–Crippen MR) is 70.9 cm³/mol. The Morgan fingerprint density at radius 2 is 2.32 bits per heavy atom. The maximum Gasteiger partial charge on any atom is 0.254 e. The number of H-pyrrole nitrogens is 1. The standard InChI is InChI=1S/C13H16N4O2/c1-17(11-6-14-7-12(11)18)13(19)8-2-3-9-5-15-16-10(9)4-8/h2-5,11-12,14,18H,6-7H2,1H3,(H,15,16)/t11-,12-/m0/s1. The molecule has 0 spiro atoms. The predicted octanol–water partition coefficient (Wildman–Crippen LogP) is -0.0324. The highest BCUT2D eigenvalue weighted by Crippen LogP contribution is 2.16. The number of carbonyl (C=O) groups is 1. The Balaban J connectivity index is 1.86. The average Bonchev–Trinajstić information content (AvgIpc) is 3.04. The second-order valence-electron chi connectivity index (χ2n) is 4.88. The summed E-state index contributed by atoms with van der Waals surface area (Å²) >= 11 is 0. The monoisotopic (exact) mass is 260 g/mol. The van der Waals surface area contributed by atoms with Crippen molar-refractivity contribution in [3.63, 3.8) is 0 Å². The molecule has 1 saturated heterocycles. The summed E-state index contributed by atoms with van der Waals surface area (Å²) < 4.78 is 0. The molecular weight excluding hydrogens is 244 g/mol. The molecule has 19 heavy (non-hydrogen) atoms. The lowest BCUT2D eigenvalue weighted by Gasteiger charge is -2.26. The third kappa shape index (κ3) is 2.09. The minimum absolute atomic E-state index is 0.0933. The fourth-order valence-corrected chi connectivity index (χ4v) is 2.47. The van der Waals surface area contributed by atoms with Crippen LogP contribution in [-0.2, 0) is 0 Å². The van der Waals surface area contributed by atoms with E-state index in [0.717, 1.165) is 10.9 Å². The molecule has 0 aliphatic carbocycles. The van der Waals surface area contributed by atoms with Crippen molar-refractivity contribution in [1.82, 2.24) is 20.4 Å². The zero-order valence-electron chi connectivity index (χ0n) is 10.6. The van der Waals surface area contributed by atoms with Gasteiger partial charge in [0.2, 0.25) is 0 Å². The molecular formula is C13H16N4O2. The van der Waals surface area contributed by atoms with E-state index >= 15 is 0 Å². The molecule has 1 amide bonds. The van der Waals surface area contributed by atoms with Crippen LogP contribution in [0.1, 0.15) is 10.4 Å². The molecule has 0 saturated carbocycles. The highest BCUT2D eigenvalue weighted by atomic mass is 16.3. The van der Waals surface area contributed by atoms with Crippen molar-refractivity contribution in [2.24, 2.45) is 0 Å². The van der Waals surface area contributed by atoms with Gasteiger partial charge >= 0.3 is 0 Å². The third-order valence-corrected chi connectivity index (χ3v) is 3.66. The van der Waals surface area contributed by atoms with Crippen LogP contribution < -0.4 is 5.32 Å². The van der Waals surface area contributed by atoms with Crippen LogP contribution in [0.3, 0.4) is 0 Å². The van der Waals surface area contributed by atoms with Gasteiger partial charge in [0, 0.05) is 31.1 Å². The molecule has 1 aromatic carbocycles. The van der Waals surface area contributed by atoms with Crippen LogP contribution in [0.15, 0.2) is 24.4 Å². The van der Waals surface area contributed by atoms with Crippen molar-refractivity contribution in [2.75, 3.05) is 20.1 Å². The van der Waals surface area contributed by atoms with Gasteiger partial charge in [-0.15, -0.1) is 0 Å². The van der Waals surface area contributed by atoms with Crippen LogP contribution in [-0.4, -0.2) is 58.4 Å². The molecule has 0 unspecified atom stereocenters. The molecule has 1 aliphatic rings. The summed E-state index contributed by atoms with van der Waals surface area (Å²) in [5.74, 6) is -0.0933. The van der Waals surface area contributed by atoms with Crippen LogP contribution in [0.5, 0.6) is 0 Å². The number of aromatic amines is 1. The number of carbonyl (C=O) groups excluding carboxylic acids is 1. The fourth-order valence-electron chi connectivity index (χ4n) is 2.47. The number of aliphatic hydroxyl groups excluding tert-OH is 1. The molecule has 1 aromatic heterocycles. The van der Waals surface area contributed by atoms with Gasteiger partial charge in [-0.1, -0.05) is 6.07 Å². The first-order chi connectivity index (χ1) is 9.16. The summed E-state index contributed by atoms with van der Waals surface area (Å²) in [6.07, 6.45) is 1.21. The van der Waals surface area contributed by atoms with Crippen LogP contribution in [0, 0.1) is 0 Å². The quantitative estimate of drug-likeness (QED) is 0.708. The van der Waals surface area contributed by atoms with E-state index < -0.39 is 6.10 Å². The van der Waals surface area contributed by atoms with Gasteiger partial charge in [-0.2, -0.15) is 5.10 Å². The number of amides is 1. The lowest BCUT2D eigenvalue weighted by Crippen LogP contribution is -2.44. The Kier molecular flexibility index (Phi) is 2.96. The molecule has 2 heterocycles. The number of hydrogen-bond acceptors (Lipinski definition) is 4. The molecule has 2 atom stereocenters. The van der Waals surface area contributed by atoms with Crippen LogP contribution in [0.2, 0.25) is 0 Å². The average molecular weight is 260 g/mol. The van der Waals surface area contributed by atoms with Gasteiger partial charge in [0.05, 0.1) is 23.9 Å². The maximum atomic E-state index is 12.4. The summed E-state index contributed by atoms with van der Waals surface area (Å²) in [6.45, 7) is 1.15. The van der Waals surface area contributed by atoms with E-state index in [4.69, 9.17) is 0 Å². The summed E-state index contributed by atoms with van der Waals surface area (Å²) in [5, 5.41) is 20.7. The molecule has 100 valence electrons. The Hall–Kier alpha value is -1.92. The van der Waals surface area contributed by atoms with Gasteiger partial charge < -0.3 is 15.3 Å². The van der Waals surface area contributed by atoms with Crippen molar-refractivity contribution in [3.05, 3.63) is 30.0 Å². The fraction of sp³-hybridized carbons (Fsp3) is 0.385. The highest BCUT2D eigenvalue weighted by Gasteiger charge is 2.31. The largest absolute Gasteiger partial charge is 0.390 e. The number of aliphatic hydroxyl groups is 1. The van der Waals surface area contributed by atoms with Crippen LogP contribution in [0.4, 0.5) is 0 Å². The lowest BCUT2D eigenvalue weighted by molar-refractivity contribution is 0.0581. The second kappa shape index (κ2) is 4.64. The number of fused-ring (bicyclic) bond motifs is 1. The van der Waals surface area contributed by atoms with Gasteiger partial charge in [-0.25, -0.2) is 0 Å². The third-order valence-electron chi connectivity index (χ3n) is 3.66. The topological polar surface area (TPSA) is 81.2 Å². The van der Waals surface area contributed by atoms with Gasteiger partial charge in [-0.05, 0) is 12.1 Å². The van der Waals surface area contributed by atoms with Gasteiger partial charge in [0.1, 0.15) is 0 Å². The Morgan fingerprint density at radius 3 is 3.05 bits per heavy atom. The van der Waals surface area contributed by atoms with E-state index in [1.54, 1.807) is 30.3 Å². The second-order valence-corrected chi connectivity index (χ2v) is 4.88. The van der Waals surface area contributed by atoms with Crippen molar-refractivity contribution < 1.29 is 9.90 Å². The molecule has 0 radical (unpaired) electrons. The summed E-state index contributed by atoms with van der Waals surface area (Å²) in [5.41, 5.74) is 1.43. The number of hydrogen-bond donors (Lipinski definition) is 3. The molecule has 1 aliphatic heterocycles. The Morgan fingerprint density at radius 1 is 1.47 bits per heavy atom. The maximum absolute atomic E-state index is 12.4. The first-order valence-corrected chi connectivity index (χ1v) is 6.26. The molecule has 3 N–H and O–H groups in total. The zero-order chi connectivity index (χ0) is 13.4. The van der Waals surface area contributed by atoms with Crippen LogP contribution in [0.25, 0.3) is 10.9 Å². The number of rotatable bonds is 2. The minimum atomic E-state index is -0.509. The lowest BCUT2D eigenvalue weighted by atomic mass is 10.1. The number of aromatic nitrogens is 2. The molecule has 0 bridgehead atoms. The Bertz CT molecular complexity index is 609. The highest BCUT2D eigenvalue weighted by molar-refractivity contribution is 5.97. The van der Waals surface area contributed by atoms with E-state index in [1.165, 1.54) is 0 Å². The smallest absolute Gasteiger partial charge is 0.254 e. The van der Waals surface area contributed by atoms with E-state index in [0.29, 0.717) is 18.7 Å². The SMILES string of the molecule is CN(C(=O)c1ccc2cn[nH]c2c1)[C@H]1CNC[C@@H]1O. The van der Waals surface area contributed by atoms with E-state index in [-0.39, 0.29) is 11.9 Å². The normalized spacial score (nSPS) is 22.8. The molecule has 6 nitrogen and oxygen atoms in total. The number of nitrogens with zero attached hydrogens (tertiary/aromatic N) is 2. The number of likely N-dealkylation sites (N-methyl/N-ethyl adjacent to an activating group) is 1. The number of benzene rings is 1. The van der Waals surface area contributed by atoms with Crippen molar-refractivity contribution >= 4 is 16.8 Å². The summed E-state index contributed by atoms with van der Waals surface area (Å²) in [6, 6.07) is 5.26. The number of β-amino-alcohol motifs (C(OH)–C–C–N with tert-alkyl or cyclic N) is 1. The van der Waals surface area contributed by atoms with Gasteiger partial charge in [-0.3, -0.25) is 9.89 Å². The first kappa shape index (κ1) is 12.1. The van der Waals surface area contributed by atoms with E-state index in [1.807, 2.05) is 6.07 Å². The molecule has 3 rings (SSSR count). The molecule has 6 heteroatoms.